The minimum absolute atomic E-state index is 0.0970. The molecule has 0 saturated carbocycles. The monoisotopic (exact) mass is 293 g/mol. The minimum Gasteiger partial charge on any atom is -0.545 e. The van der Waals surface area contributed by atoms with Crippen LogP contribution in [0.3, 0.4) is 0 Å². The van der Waals surface area contributed by atoms with Crippen LogP contribution in [0.25, 0.3) is 11.1 Å². The lowest BCUT2D eigenvalue weighted by Gasteiger charge is -2.16. The Morgan fingerprint density at radius 2 is 1.50 bits per heavy atom. The second-order valence-electron chi connectivity index (χ2n) is 5.08. The van der Waals surface area contributed by atoms with Crippen molar-refractivity contribution in [2.45, 2.75) is 12.5 Å². The lowest BCUT2D eigenvalue weighted by Crippen LogP contribution is -2.22. The van der Waals surface area contributed by atoms with Gasteiger partial charge in [0.1, 0.15) is 0 Å². The summed E-state index contributed by atoms with van der Waals surface area (Å²) in [4.78, 5) is 10.7. The Labute approximate surface area is 129 Å². The standard InChI is InChI=1S/C19H18O3/c1-13(15-6-4-3-5-7-15)12-18(20)14(2)16-8-10-17(11-9-16)19(21)22/h3-11,18,20H,1-2,12H2,(H,21,22)/p-1. The predicted molar refractivity (Wildman–Crippen MR) is 85.9 cm³/mol. The summed E-state index contributed by atoms with van der Waals surface area (Å²) in [5.41, 5.74) is 3.11. The summed E-state index contributed by atoms with van der Waals surface area (Å²) in [6.45, 7) is 7.88. The molecule has 0 aromatic heterocycles. The van der Waals surface area contributed by atoms with Gasteiger partial charge in [-0.25, -0.2) is 0 Å². The Morgan fingerprint density at radius 1 is 0.955 bits per heavy atom. The number of carbonyl (C=O) groups is 1. The van der Waals surface area contributed by atoms with E-state index < -0.39 is 12.1 Å². The van der Waals surface area contributed by atoms with Gasteiger partial charge in [-0.2, -0.15) is 0 Å². The molecule has 22 heavy (non-hydrogen) atoms. The Bertz CT molecular complexity index is 684. The number of carbonyl (C=O) groups excluding carboxylic acids is 1. The van der Waals surface area contributed by atoms with Gasteiger partial charge in [0.2, 0.25) is 0 Å². The van der Waals surface area contributed by atoms with Crippen LogP contribution in [0.4, 0.5) is 0 Å². The Kier molecular flexibility index (Phi) is 4.92. The third-order valence-electron chi connectivity index (χ3n) is 3.52. The SMILES string of the molecule is C=C(CC(O)C(=C)c1ccc(C(=O)[O-])cc1)c1ccccc1. The van der Waals surface area contributed by atoms with Crippen molar-refractivity contribution in [1.82, 2.24) is 0 Å². The maximum atomic E-state index is 10.7. The summed E-state index contributed by atoms with van der Waals surface area (Å²) in [6.07, 6.45) is -0.410. The number of carboxylic acids is 1. The Hall–Kier alpha value is -2.65. The molecule has 2 rings (SSSR count). The maximum absolute atomic E-state index is 10.7. The molecule has 0 aliphatic heterocycles. The van der Waals surface area contributed by atoms with E-state index in [1.165, 1.54) is 12.1 Å². The highest BCUT2D eigenvalue weighted by Gasteiger charge is 2.13. The van der Waals surface area contributed by atoms with Crippen molar-refractivity contribution in [2.75, 3.05) is 0 Å². The van der Waals surface area contributed by atoms with Crippen molar-refractivity contribution in [3.63, 3.8) is 0 Å². The van der Waals surface area contributed by atoms with E-state index in [1.54, 1.807) is 12.1 Å². The van der Waals surface area contributed by atoms with Crippen LogP contribution >= 0.6 is 0 Å². The van der Waals surface area contributed by atoms with Gasteiger partial charge in [-0.3, -0.25) is 0 Å². The molecule has 112 valence electrons. The van der Waals surface area contributed by atoms with Crippen LogP contribution in [-0.4, -0.2) is 17.2 Å². The van der Waals surface area contributed by atoms with Crippen molar-refractivity contribution in [3.8, 4) is 0 Å². The maximum Gasteiger partial charge on any atom is 0.0830 e. The third kappa shape index (κ3) is 3.71. The van der Waals surface area contributed by atoms with Gasteiger partial charge < -0.3 is 15.0 Å². The van der Waals surface area contributed by atoms with Gasteiger partial charge in [0.05, 0.1) is 12.1 Å². The molecular formula is C19H17O3-. The van der Waals surface area contributed by atoms with Gasteiger partial charge in [-0.05, 0) is 27.8 Å². The molecule has 2 aromatic rings. The molecule has 0 aliphatic rings. The topological polar surface area (TPSA) is 60.4 Å². The number of carboxylic acid groups (broad SMARTS) is 1. The van der Waals surface area contributed by atoms with Crippen LogP contribution in [0, 0.1) is 0 Å². The molecule has 0 aliphatic carbocycles. The van der Waals surface area contributed by atoms with Crippen molar-refractivity contribution in [3.05, 3.63) is 84.4 Å². The highest BCUT2D eigenvalue weighted by Crippen LogP contribution is 2.25. The average molecular weight is 293 g/mol. The number of aliphatic hydroxyl groups excluding tert-OH is 1. The van der Waals surface area contributed by atoms with Gasteiger partial charge >= 0.3 is 0 Å². The van der Waals surface area contributed by atoms with Crippen molar-refractivity contribution >= 4 is 17.1 Å². The molecule has 0 saturated heterocycles. The smallest absolute Gasteiger partial charge is 0.0830 e. The third-order valence-corrected chi connectivity index (χ3v) is 3.52. The second-order valence-corrected chi connectivity index (χ2v) is 5.08. The second kappa shape index (κ2) is 6.87. The first-order chi connectivity index (χ1) is 10.5. The Balaban J connectivity index is 2.06. The zero-order valence-corrected chi connectivity index (χ0v) is 12.2. The minimum atomic E-state index is -1.23. The van der Waals surface area contributed by atoms with E-state index in [9.17, 15) is 15.0 Å². The van der Waals surface area contributed by atoms with Gasteiger partial charge in [-0.15, -0.1) is 0 Å². The van der Waals surface area contributed by atoms with E-state index in [0.29, 0.717) is 17.6 Å². The van der Waals surface area contributed by atoms with Gasteiger partial charge in [0.15, 0.2) is 0 Å². The molecule has 3 heteroatoms. The first-order valence-corrected chi connectivity index (χ1v) is 6.91. The predicted octanol–water partition coefficient (Wildman–Crippen LogP) is 2.53. The van der Waals surface area contributed by atoms with E-state index >= 15 is 0 Å². The number of hydrogen-bond acceptors (Lipinski definition) is 3. The quantitative estimate of drug-likeness (QED) is 0.890. The first kappa shape index (κ1) is 15.7. The lowest BCUT2D eigenvalue weighted by atomic mass is 9.94. The summed E-state index contributed by atoms with van der Waals surface area (Å²) in [5, 5.41) is 21.0. The largest absolute Gasteiger partial charge is 0.545 e. The normalized spacial score (nSPS) is 11.7. The lowest BCUT2D eigenvalue weighted by molar-refractivity contribution is -0.255. The Morgan fingerprint density at radius 3 is 2.05 bits per heavy atom. The van der Waals surface area contributed by atoms with Crippen molar-refractivity contribution < 1.29 is 15.0 Å². The molecule has 0 bridgehead atoms. The van der Waals surface area contributed by atoms with Gasteiger partial charge in [-0.1, -0.05) is 67.8 Å². The molecule has 0 radical (unpaired) electrons. The zero-order chi connectivity index (χ0) is 16.1. The van der Waals surface area contributed by atoms with E-state index in [2.05, 4.69) is 13.2 Å². The van der Waals surface area contributed by atoms with E-state index in [4.69, 9.17) is 0 Å². The highest BCUT2D eigenvalue weighted by molar-refractivity contribution is 5.86. The molecule has 0 heterocycles. The van der Waals surface area contributed by atoms with Gasteiger partial charge in [0, 0.05) is 6.42 Å². The molecule has 0 fully saturated rings. The zero-order valence-electron chi connectivity index (χ0n) is 12.2. The summed E-state index contributed by atoms with van der Waals surface area (Å²) in [6, 6.07) is 15.7. The van der Waals surface area contributed by atoms with E-state index in [-0.39, 0.29) is 5.56 Å². The molecule has 1 N–H and O–H groups in total. The number of aromatic carboxylic acids is 1. The number of aliphatic hydroxyl groups is 1. The van der Waals surface area contributed by atoms with E-state index in [1.807, 2.05) is 30.3 Å². The summed E-state index contributed by atoms with van der Waals surface area (Å²) >= 11 is 0. The number of rotatable bonds is 6. The molecule has 1 atom stereocenters. The van der Waals surface area contributed by atoms with Gasteiger partial charge in [0.25, 0.3) is 0 Å². The van der Waals surface area contributed by atoms with Crippen LogP contribution in [-0.2, 0) is 0 Å². The summed E-state index contributed by atoms with van der Waals surface area (Å²) < 4.78 is 0. The number of benzene rings is 2. The van der Waals surface area contributed by atoms with Crippen LogP contribution in [0.15, 0.2) is 67.8 Å². The molecule has 3 nitrogen and oxygen atoms in total. The molecule has 0 spiro atoms. The fraction of sp³-hybridized carbons (Fsp3) is 0.105. The summed E-state index contributed by atoms with van der Waals surface area (Å²) in [5.74, 6) is -1.23. The van der Waals surface area contributed by atoms with Crippen LogP contribution < -0.4 is 5.11 Å². The molecule has 0 amide bonds. The van der Waals surface area contributed by atoms with Crippen molar-refractivity contribution in [2.24, 2.45) is 0 Å². The van der Waals surface area contributed by atoms with Crippen LogP contribution in [0.2, 0.25) is 0 Å². The molecule has 1 unspecified atom stereocenters. The first-order valence-electron chi connectivity index (χ1n) is 6.91. The van der Waals surface area contributed by atoms with Crippen LogP contribution in [0.5, 0.6) is 0 Å². The van der Waals surface area contributed by atoms with Crippen molar-refractivity contribution in [1.29, 1.82) is 0 Å². The fourth-order valence-corrected chi connectivity index (χ4v) is 2.16. The van der Waals surface area contributed by atoms with E-state index in [0.717, 1.165) is 11.1 Å². The number of hydrogen-bond donors (Lipinski definition) is 1. The highest BCUT2D eigenvalue weighted by atomic mass is 16.4. The molecular weight excluding hydrogens is 276 g/mol. The fourth-order valence-electron chi connectivity index (χ4n) is 2.16. The summed E-state index contributed by atoms with van der Waals surface area (Å²) in [7, 11) is 0. The molecule has 2 aromatic carbocycles. The van der Waals surface area contributed by atoms with Crippen LogP contribution in [0.1, 0.15) is 27.9 Å². The average Bonchev–Trinajstić information content (AvgIpc) is 2.55.